The Morgan fingerprint density at radius 1 is 1.14 bits per heavy atom. The first-order chi connectivity index (χ1) is 9.96. The number of sulfone groups is 1. The monoisotopic (exact) mass is 384 g/mol. The zero-order chi connectivity index (χ0) is 15.5. The molecule has 0 saturated carbocycles. The van der Waals surface area contributed by atoms with Crippen LogP contribution < -0.4 is 0 Å². The van der Waals surface area contributed by atoms with Crippen LogP contribution in [-0.2, 0) is 9.84 Å². The van der Waals surface area contributed by atoms with Crippen molar-refractivity contribution in [2.45, 2.75) is 16.6 Å². The molecule has 5 heteroatoms. The van der Waals surface area contributed by atoms with E-state index in [0.717, 1.165) is 10.0 Å². The molecule has 0 spiro atoms. The third-order valence-corrected chi connectivity index (χ3v) is 6.29. The maximum Gasteiger partial charge on any atom is 0.187 e. The van der Waals surface area contributed by atoms with Crippen LogP contribution in [0.25, 0.3) is 0 Å². The molecule has 2 aromatic rings. The minimum atomic E-state index is -3.58. The lowest BCUT2D eigenvalue weighted by Crippen LogP contribution is -2.14. The van der Waals surface area contributed by atoms with Crippen LogP contribution in [0.2, 0.25) is 5.02 Å². The van der Waals surface area contributed by atoms with Crippen LogP contribution in [0.3, 0.4) is 0 Å². The highest BCUT2D eigenvalue weighted by Gasteiger charge is 2.29. The number of allylic oxidation sites excluding steroid dienone is 1. The molecule has 0 aromatic heterocycles. The largest absolute Gasteiger partial charge is 0.223 e. The maximum absolute atomic E-state index is 12.9. The molecule has 0 saturated heterocycles. The predicted molar refractivity (Wildman–Crippen MR) is 90.3 cm³/mol. The summed E-state index contributed by atoms with van der Waals surface area (Å²) in [6, 6.07) is 13.8. The molecule has 1 unspecified atom stereocenters. The molecule has 0 aliphatic rings. The van der Waals surface area contributed by atoms with Gasteiger partial charge in [0.05, 0.1) is 15.2 Å². The van der Waals surface area contributed by atoms with Gasteiger partial charge >= 0.3 is 0 Å². The predicted octanol–water partition coefficient (Wildman–Crippen LogP) is 5.19. The van der Waals surface area contributed by atoms with Crippen molar-refractivity contribution >= 4 is 37.4 Å². The summed E-state index contributed by atoms with van der Waals surface area (Å²) < 4.78 is 26.7. The quantitative estimate of drug-likeness (QED) is 0.663. The van der Waals surface area contributed by atoms with Crippen molar-refractivity contribution in [3.63, 3.8) is 0 Å². The minimum absolute atomic E-state index is 0.154. The van der Waals surface area contributed by atoms with Crippen molar-refractivity contribution < 1.29 is 8.42 Å². The van der Waals surface area contributed by atoms with Gasteiger partial charge in [0.15, 0.2) is 9.84 Å². The average Bonchev–Trinajstić information content (AvgIpc) is 2.46. The highest BCUT2D eigenvalue weighted by molar-refractivity contribution is 9.10. The number of rotatable bonds is 5. The average molecular weight is 386 g/mol. The van der Waals surface area contributed by atoms with Crippen molar-refractivity contribution in [1.29, 1.82) is 0 Å². The van der Waals surface area contributed by atoms with Crippen molar-refractivity contribution in [3.05, 3.63) is 76.2 Å². The highest BCUT2D eigenvalue weighted by Crippen LogP contribution is 2.35. The van der Waals surface area contributed by atoms with Crippen LogP contribution in [0.15, 0.2) is 70.6 Å². The molecule has 0 aliphatic carbocycles. The fourth-order valence-corrected chi connectivity index (χ4v) is 4.64. The third kappa shape index (κ3) is 3.57. The number of hydrogen-bond acceptors (Lipinski definition) is 2. The lowest BCUT2D eigenvalue weighted by Gasteiger charge is -2.17. The van der Waals surface area contributed by atoms with E-state index in [4.69, 9.17) is 11.6 Å². The normalized spacial score (nSPS) is 12.9. The summed E-state index contributed by atoms with van der Waals surface area (Å²) in [4.78, 5) is 0.154. The molecule has 2 nitrogen and oxygen atoms in total. The summed E-state index contributed by atoms with van der Waals surface area (Å²) in [6.07, 6.45) is 1.94. The zero-order valence-corrected chi connectivity index (χ0v) is 14.3. The fourth-order valence-electron chi connectivity index (χ4n) is 2.10. The molecule has 0 N–H and O–H groups in total. The van der Waals surface area contributed by atoms with Crippen LogP contribution in [0.1, 0.15) is 17.2 Å². The van der Waals surface area contributed by atoms with Gasteiger partial charge in [0.1, 0.15) is 0 Å². The molecule has 2 aromatic carbocycles. The molecule has 1 atom stereocenters. The topological polar surface area (TPSA) is 34.1 Å². The van der Waals surface area contributed by atoms with E-state index in [1.54, 1.807) is 36.4 Å². The molecule has 0 fully saturated rings. The Morgan fingerprint density at radius 3 is 2.33 bits per heavy atom. The van der Waals surface area contributed by atoms with Gasteiger partial charge in [-0.3, -0.25) is 0 Å². The van der Waals surface area contributed by atoms with Gasteiger partial charge < -0.3 is 0 Å². The summed E-state index contributed by atoms with van der Waals surface area (Å²) in [6.45, 7) is 3.67. The smallest absolute Gasteiger partial charge is 0.187 e. The van der Waals surface area contributed by atoms with Crippen LogP contribution >= 0.6 is 27.5 Å². The van der Waals surface area contributed by atoms with E-state index in [1.165, 1.54) is 6.07 Å². The maximum atomic E-state index is 12.9. The molecule has 0 radical (unpaired) electrons. The van der Waals surface area contributed by atoms with E-state index in [-0.39, 0.29) is 9.92 Å². The molecule has 2 rings (SSSR count). The Balaban J connectivity index is 2.54. The van der Waals surface area contributed by atoms with Gasteiger partial charge in [-0.1, -0.05) is 57.9 Å². The summed E-state index contributed by atoms with van der Waals surface area (Å²) >= 11 is 9.40. The number of halogens is 2. The SMILES string of the molecule is C=CCC(c1ccc(Br)cc1)S(=O)(=O)c1ccccc1Cl. The summed E-state index contributed by atoms with van der Waals surface area (Å²) in [5, 5.41) is -0.452. The number of hydrogen-bond donors (Lipinski definition) is 0. The van der Waals surface area contributed by atoms with E-state index in [1.807, 2.05) is 12.1 Å². The second-order valence-corrected chi connectivity index (χ2v) is 7.96. The molecular formula is C16H14BrClO2S. The van der Waals surface area contributed by atoms with Gasteiger partial charge in [-0.2, -0.15) is 0 Å². The number of benzene rings is 2. The Labute approximate surface area is 138 Å². The molecule has 0 aliphatic heterocycles. The van der Waals surface area contributed by atoms with E-state index in [0.29, 0.717) is 6.42 Å². The standard InChI is InChI=1S/C16H14BrClO2S/c1-2-5-15(12-8-10-13(17)11-9-12)21(19,20)16-7-4-3-6-14(16)18/h2-4,6-11,15H,1,5H2. The van der Waals surface area contributed by atoms with Gasteiger partial charge in [0.25, 0.3) is 0 Å². The highest BCUT2D eigenvalue weighted by atomic mass is 79.9. The van der Waals surface area contributed by atoms with Gasteiger partial charge in [-0.15, -0.1) is 6.58 Å². The van der Waals surface area contributed by atoms with Crippen molar-refractivity contribution in [2.75, 3.05) is 0 Å². The summed E-state index contributed by atoms with van der Waals surface area (Å²) in [5.41, 5.74) is 0.720. The Hall–Kier alpha value is -1.10. The minimum Gasteiger partial charge on any atom is -0.223 e. The second kappa shape index (κ2) is 6.77. The molecular weight excluding hydrogens is 372 g/mol. The molecule has 0 bridgehead atoms. The Kier molecular flexibility index (Phi) is 5.25. The van der Waals surface area contributed by atoms with E-state index in [9.17, 15) is 8.42 Å². The first-order valence-corrected chi connectivity index (χ1v) is 9.03. The van der Waals surface area contributed by atoms with Crippen molar-refractivity contribution in [2.24, 2.45) is 0 Å². The molecule has 0 heterocycles. The van der Waals surface area contributed by atoms with E-state index >= 15 is 0 Å². The lowest BCUT2D eigenvalue weighted by atomic mass is 10.1. The molecule has 110 valence electrons. The fraction of sp³-hybridized carbons (Fsp3) is 0.125. The zero-order valence-electron chi connectivity index (χ0n) is 11.2. The first-order valence-electron chi connectivity index (χ1n) is 6.31. The van der Waals surface area contributed by atoms with Crippen LogP contribution in [0.4, 0.5) is 0 Å². The van der Waals surface area contributed by atoms with Gasteiger partial charge in [0, 0.05) is 4.47 Å². The van der Waals surface area contributed by atoms with Crippen LogP contribution in [0, 0.1) is 0 Å². The van der Waals surface area contributed by atoms with Crippen molar-refractivity contribution in [1.82, 2.24) is 0 Å². The van der Waals surface area contributed by atoms with Gasteiger partial charge in [-0.05, 0) is 36.2 Å². The Bertz CT molecular complexity index is 739. The third-order valence-electron chi connectivity index (χ3n) is 3.14. The van der Waals surface area contributed by atoms with E-state index < -0.39 is 15.1 Å². The summed E-state index contributed by atoms with van der Waals surface area (Å²) in [7, 11) is -3.58. The first kappa shape index (κ1) is 16.3. The summed E-state index contributed by atoms with van der Waals surface area (Å²) in [5.74, 6) is 0. The van der Waals surface area contributed by atoms with Crippen molar-refractivity contribution in [3.8, 4) is 0 Å². The van der Waals surface area contributed by atoms with E-state index in [2.05, 4.69) is 22.5 Å². The van der Waals surface area contributed by atoms with Crippen LogP contribution in [-0.4, -0.2) is 8.42 Å². The molecule has 21 heavy (non-hydrogen) atoms. The lowest BCUT2D eigenvalue weighted by molar-refractivity contribution is 0.582. The van der Waals surface area contributed by atoms with Gasteiger partial charge in [-0.25, -0.2) is 8.42 Å². The van der Waals surface area contributed by atoms with Gasteiger partial charge in [0.2, 0.25) is 0 Å². The second-order valence-electron chi connectivity index (χ2n) is 4.54. The molecule has 0 amide bonds. The Morgan fingerprint density at radius 2 is 1.76 bits per heavy atom. The van der Waals surface area contributed by atoms with Crippen LogP contribution in [0.5, 0.6) is 0 Å².